The second-order valence-electron chi connectivity index (χ2n) is 6.49. The fraction of sp³-hybridized carbons (Fsp3) is 0.611. The summed E-state index contributed by atoms with van der Waals surface area (Å²) in [5.74, 6) is 1.55. The lowest BCUT2D eigenvalue weighted by Gasteiger charge is -2.34. The molecule has 3 rings (SSSR count). The lowest BCUT2D eigenvalue weighted by atomic mass is 9.91. The number of nitrogens with one attached hydrogen (secondary N) is 2. The molecular weight excluding hydrogens is 292 g/mol. The molecule has 23 heavy (non-hydrogen) atoms. The molecule has 5 nitrogen and oxygen atoms in total. The molecule has 0 spiro atoms. The highest BCUT2D eigenvalue weighted by atomic mass is 16.5. The summed E-state index contributed by atoms with van der Waals surface area (Å²) in [5.41, 5.74) is 0.316. The van der Waals surface area contributed by atoms with E-state index in [1.54, 1.807) is 7.11 Å². The summed E-state index contributed by atoms with van der Waals surface area (Å²) in [7, 11) is 1.62. The first-order chi connectivity index (χ1) is 11.2. The van der Waals surface area contributed by atoms with Crippen LogP contribution in [0.3, 0.4) is 0 Å². The molecule has 0 bridgehead atoms. The van der Waals surface area contributed by atoms with Crippen LogP contribution in [0.2, 0.25) is 0 Å². The molecular formula is C18H26N2O3. The van der Waals surface area contributed by atoms with Gasteiger partial charge in [-0.3, -0.25) is 4.79 Å². The average Bonchev–Trinajstić information content (AvgIpc) is 3.43. The fourth-order valence-corrected chi connectivity index (χ4v) is 2.97. The third-order valence-corrected chi connectivity index (χ3v) is 4.80. The number of rotatable bonds is 7. The molecule has 0 aromatic heterocycles. The Labute approximate surface area is 137 Å². The highest BCUT2D eigenvalue weighted by molar-refractivity contribution is 5.85. The smallest absolute Gasteiger partial charge is 0.252 e. The third-order valence-electron chi connectivity index (χ3n) is 4.80. The van der Waals surface area contributed by atoms with E-state index in [1.165, 1.54) is 12.8 Å². The molecule has 1 aromatic carbocycles. The van der Waals surface area contributed by atoms with Crippen molar-refractivity contribution in [2.75, 3.05) is 26.8 Å². The molecule has 2 aliphatic rings. The summed E-state index contributed by atoms with van der Waals surface area (Å²) in [4.78, 5) is 12.6. The number of methoxy groups -OCH3 is 1. The molecule has 1 saturated carbocycles. The maximum absolute atomic E-state index is 12.6. The van der Waals surface area contributed by atoms with Crippen LogP contribution in [-0.4, -0.2) is 38.3 Å². The van der Waals surface area contributed by atoms with Crippen LogP contribution in [0, 0.1) is 5.92 Å². The fourth-order valence-electron chi connectivity index (χ4n) is 2.97. The molecule has 126 valence electrons. The Bertz CT molecular complexity index is 537. The second-order valence-corrected chi connectivity index (χ2v) is 6.49. The molecule has 1 heterocycles. The summed E-state index contributed by atoms with van der Waals surface area (Å²) < 4.78 is 11.5. The Hall–Kier alpha value is -1.59. The number of amides is 1. The van der Waals surface area contributed by atoms with Crippen molar-refractivity contribution in [3.8, 4) is 5.75 Å². The molecule has 0 unspecified atom stereocenters. The van der Waals surface area contributed by atoms with Gasteiger partial charge in [-0.2, -0.15) is 0 Å². The monoisotopic (exact) mass is 318 g/mol. The molecule has 1 amide bonds. The van der Waals surface area contributed by atoms with Crippen LogP contribution in [0.15, 0.2) is 24.3 Å². The first kappa shape index (κ1) is 16.3. The van der Waals surface area contributed by atoms with Crippen LogP contribution in [0.5, 0.6) is 5.75 Å². The van der Waals surface area contributed by atoms with Crippen molar-refractivity contribution in [2.24, 2.45) is 5.92 Å². The van der Waals surface area contributed by atoms with E-state index in [2.05, 4.69) is 10.6 Å². The number of carbonyl (C=O) groups excluding carboxylic acids is 1. The number of hydrogen-bond donors (Lipinski definition) is 2. The SMILES string of the molecule is COC1(C(=O)NCc2ccccc2OCC2CC2)CCNCC1. The van der Waals surface area contributed by atoms with Gasteiger partial charge in [-0.25, -0.2) is 0 Å². The van der Waals surface area contributed by atoms with Crippen molar-refractivity contribution >= 4 is 5.91 Å². The van der Waals surface area contributed by atoms with Crippen LogP contribution >= 0.6 is 0 Å². The van der Waals surface area contributed by atoms with Gasteiger partial charge in [0.05, 0.1) is 6.61 Å². The first-order valence-electron chi connectivity index (χ1n) is 8.48. The summed E-state index contributed by atoms with van der Waals surface area (Å²) in [5, 5.41) is 6.30. The predicted molar refractivity (Wildman–Crippen MR) is 88.4 cm³/mol. The maximum atomic E-state index is 12.6. The Morgan fingerprint density at radius 3 is 2.74 bits per heavy atom. The van der Waals surface area contributed by atoms with Crippen molar-refractivity contribution in [1.29, 1.82) is 0 Å². The van der Waals surface area contributed by atoms with Crippen LogP contribution < -0.4 is 15.4 Å². The van der Waals surface area contributed by atoms with Gasteiger partial charge in [0, 0.05) is 19.2 Å². The maximum Gasteiger partial charge on any atom is 0.252 e. The van der Waals surface area contributed by atoms with Crippen LogP contribution in [0.25, 0.3) is 0 Å². The number of benzene rings is 1. The zero-order valence-corrected chi connectivity index (χ0v) is 13.8. The van der Waals surface area contributed by atoms with E-state index in [4.69, 9.17) is 9.47 Å². The van der Waals surface area contributed by atoms with E-state index in [-0.39, 0.29) is 5.91 Å². The quantitative estimate of drug-likeness (QED) is 0.806. The largest absolute Gasteiger partial charge is 0.493 e. The molecule has 5 heteroatoms. The van der Waals surface area contributed by atoms with E-state index in [9.17, 15) is 4.79 Å². The van der Waals surface area contributed by atoms with Gasteiger partial charge in [-0.05, 0) is 50.8 Å². The van der Waals surface area contributed by atoms with Gasteiger partial charge in [0.2, 0.25) is 0 Å². The molecule has 1 aromatic rings. The minimum absolute atomic E-state index is 0.0292. The molecule has 2 N–H and O–H groups in total. The topological polar surface area (TPSA) is 59.6 Å². The highest BCUT2D eigenvalue weighted by Crippen LogP contribution is 2.30. The van der Waals surface area contributed by atoms with Crippen molar-refractivity contribution < 1.29 is 14.3 Å². The van der Waals surface area contributed by atoms with Crippen molar-refractivity contribution in [2.45, 2.75) is 37.8 Å². The van der Waals surface area contributed by atoms with Crippen LogP contribution in [0.4, 0.5) is 0 Å². The minimum Gasteiger partial charge on any atom is -0.493 e. The summed E-state index contributed by atoms with van der Waals surface area (Å²) in [6.45, 7) is 2.86. The van der Waals surface area contributed by atoms with Crippen molar-refractivity contribution in [1.82, 2.24) is 10.6 Å². The number of hydrogen-bond acceptors (Lipinski definition) is 4. The third kappa shape index (κ3) is 4.03. The Morgan fingerprint density at radius 1 is 1.30 bits per heavy atom. The Balaban J connectivity index is 1.59. The number of ether oxygens (including phenoxy) is 2. The van der Waals surface area contributed by atoms with Gasteiger partial charge < -0.3 is 20.1 Å². The lowest BCUT2D eigenvalue weighted by molar-refractivity contribution is -0.146. The van der Waals surface area contributed by atoms with Crippen molar-refractivity contribution in [3.63, 3.8) is 0 Å². The van der Waals surface area contributed by atoms with Crippen LogP contribution in [0.1, 0.15) is 31.2 Å². The standard InChI is InChI=1S/C18H26N2O3/c1-22-18(8-10-19-11-9-18)17(21)20-12-15-4-2-3-5-16(15)23-13-14-6-7-14/h2-5,14,19H,6-13H2,1H3,(H,20,21). The number of para-hydroxylation sites is 1. The van der Waals surface area contributed by atoms with Gasteiger partial charge in [-0.15, -0.1) is 0 Å². The minimum atomic E-state index is -0.699. The molecule has 0 atom stereocenters. The average molecular weight is 318 g/mol. The molecule has 1 aliphatic carbocycles. The van der Waals surface area contributed by atoms with E-state index in [1.807, 2.05) is 24.3 Å². The summed E-state index contributed by atoms with van der Waals surface area (Å²) in [6.07, 6.45) is 3.94. The predicted octanol–water partition coefficient (Wildman–Crippen LogP) is 1.86. The van der Waals surface area contributed by atoms with E-state index >= 15 is 0 Å². The summed E-state index contributed by atoms with van der Waals surface area (Å²) >= 11 is 0. The summed E-state index contributed by atoms with van der Waals surface area (Å²) in [6, 6.07) is 7.92. The van der Waals surface area contributed by atoms with E-state index < -0.39 is 5.60 Å². The Morgan fingerprint density at radius 2 is 2.04 bits per heavy atom. The lowest BCUT2D eigenvalue weighted by Crippen LogP contribution is -2.53. The van der Waals surface area contributed by atoms with Crippen molar-refractivity contribution in [3.05, 3.63) is 29.8 Å². The molecule has 0 radical (unpaired) electrons. The molecule has 1 aliphatic heterocycles. The number of piperidine rings is 1. The van der Waals surface area contributed by atoms with Gasteiger partial charge in [-0.1, -0.05) is 18.2 Å². The van der Waals surface area contributed by atoms with Gasteiger partial charge in [0.1, 0.15) is 11.4 Å². The van der Waals surface area contributed by atoms with Gasteiger partial charge >= 0.3 is 0 Å². The van der Waals surface area contributed by atoms with Crippen LogP contribution in [-0.2, 0) is 16.1 Å². The van der Waals surface area contributed by atoms with E-state index in [0.717, 1.165) is 31.0 Å². The zero-order chi connectivity index (χ0) is 16.1. The zero-order valence-electron chi connectivity index (χ0n) is 13.8. The first-order valence-corrected chi connectivity index (χ1v) is 8.48. The highest BCUT2D eigenvalue weighted by Gasteiger charge is 2.39. The second kappa shape index (κ2) is 7.32. The van der Waals surface area contributed by atoms with Gasteiger partial charge in [0.25, 0.3) is 5.91 Å². The molecule has 1 saturated heterocycles. The van der Waals surface area contributed by atoms with Gasteiger partial charge in [0.15, 0.2) is 0 Å². The van der Waals surface area contributed by atoms with E-state index in [0.29, 0.717) is 25.3 Å². The normalized spacial score (nSPS) is 20.0. The Kier molecular flexibility index (Phi) is 5.18. The molecule has 2 fully saturated rings. The number of carbonyl (C=O) groups is 1.